The normalized spacial score (nSPS) is 13.2. The molecule has 0 radical (unpaired) electrons. The van der Waals surface area contributed by atoms with Gasteiger partial charge in [0.05, 0.1) is 17.2 Å². The summed E-state index contributed by atoms with van der Waals surface area (Å²) in [4.78, 5) is 25.0. The molecule has 0 aliphatic heterocycles. The monoisotopic (exact) mass is 628 g/mol. The number of aliphatic hydroxyl groups is 1. The van der Waals surface area contributed by atoms with E-state index >= 15 is 0 Å². The fourth-order valence-electron chi connectivity index (χ4n) is 5.11. The standard InChI is InChI=1S/C32H41FN4O6S/c1-22(2)20-37(44(42,43)26-16-17-27(33)28(34)19-26)25(21-38)15-9-10-18-35-31(39)30(36-32(40)41)29(23-11-5-3-6-12-23)24-13-7-4-8-14-24/h3-8,11-14,16-17,19,22,25,29-30,36,38H,9-10,15,18,20-21,34H2,1-2H3,(H,35,39)(H,40,41)/t25-,30-/m0/s1. The molecule has 0 saturated heterocycles. The molecule has 3 aromatic rings. The van der Waals surface area contributed by atoms with Crippen molar-refractivity contribution in [2.75, 3.05) is 25.4 Å². The van der Waals surface area contributed by atoms with E-state index in [0.717, 1.165) is 29.3 Å². The lowest BCUT2D eigenvalue weighted by molar-refractivity contribution is -0.123. The molecule has 0 saturated carbocycles. The molecule has 10 nitrogen and oxygen atoms in total. The minimum atomic E-state index is -4.09. The maximum absolute atomic E-state index is 13.7. The Kier molecular flexibility index (Phi) is 12.7. The molecule has 2 amide bonds. The van der Waals surface area contributed by atoms with Crippen LogP contribution in [0.25, 0.3) is 0 Å². The van der Waals surface area contributed by atoms with Crippen LogP contribution in [0.4, 0.5) is 14.9 Å². The second-order valence-corrected chi connectivity index (χ2v) is 12.9. The maximum Gasteiger partial charge on any atom is 0.405 e. The molecule has 0 bridgehead atoms. The van der Waals surface area contributed by atoms with E-state index in [1.807, 2.05) is 74.5 Å². The number of hydrogen-bond acceptors (Lipinski definition) is 6. The number of aliphatic hydroxyl groups excluding tert-OH is 1. The molecule has 238 valence electrons. The molecule has 0 aromatic heterocycles. The van der Waals surface area contributed by atoms with Gasteiger partial charge in [0.2, 0.25) is 15.9 Å². The number of nitrogens with one attached hydrogen (secondary N) is 2. The summed E-state index contributed by atoms with van der Waals surface area (Å²) < 4.78 is 41.9. The molecule has 0 aliphatic carbocycles. The van der Waals surface area contributed by atoms with Crippen LogP contribution in [0.5, 0.6) is 0 Å². The Morgan fingerprint density at radius 2 is 1.55 bits per heavy atom. The van der Waals surface area contributed by atoms with Crippen LogP contribution < -0.4 is 16.4 Å². The number of carboxylic acid groups (broad SMARTS) is 1. The molecule has 3 aromatic carbocycles. The number of nitrogen functional groups attached to an aromatic ring is 1. The molecule has 0 unspecified atom stereocenters. The molecule has 12 heteroatoms. The number of sulfonamides is 1. The number of rotatable bonds is 16. The summed E-state index contributed by atoms with van der Waals surface area (Å²) in [5.41, 5.74) is 6.87. The molecule has 44 heavy (non-hydrogen) atoms. The molecule has 0 aliphatic rings. The first kappa shape index (κ1) is 34.5. The molecule has 6 N–H and O–H groups in total. The molecular weight excluding hydrogens is 587 g/mol. The molecule has 0 fully saturated rings. The Morgan fingerprint density at radius 3 is 2.05 bits per heavy atom. The van der Waals surface area contributed by atoms with E-state index in [1.54, 1.807) is 0 Å². The molecule has 3 rings (SSSR count). The van der Waals surface area contributed by atoms with Crippen LogP contribution in [0.1, 0.15) is 50.2 Å². The van der Waals surface area contributed by atoms with Crippen LogP contribution in [0, 0.1) is 11.7 Å². The van der Waals surface area contributed by atoms with Gasteiger partial charge in [0.1, 0.15) is 11.9 Å². The Labute approximate surface area is 258 Å². The first-order chi connectivity index (χ1) is 20.9. The SMILES string of the molecule is CC(C)CN([C@H](CO)CCCCNC(=O)[C@@H](NC(=O)O)C(c1ccccc1)c1ccccc1)S(=O)(=O)c1ccc(F)c(N)c1. The highest BCUT2D eigenvalue weighted by molar-refractivity contribution is 7.89. The predicted octanol–water partition coefficient (Wildman–Crippen LogP) is 4.17. The lowest BCUT2D eigenvalue weighted by atomic mass is 9.84. The van der Waals surface area contributed by atoms with Gasteiger partial charge >= 0.3 is 6.09 Å². The van der Waals surface area contributed by atoms with Gasteiger partial charge < -0.3 is 26.6 Å². The van der Waals surface area contributed by atoms with Crippen LogP contribution in [0.3, 0.4) is 0 Å². The highest BCUT2D eigenvalue weighted by Crippen LogP contribution is 2.29. The van der Waals surface area contributed by atoms with Gasteiger partial charge in [0.15, 0.2) is 0 Å². The third kappa shape index (κ3) is 9.25. The maximum atomic E-state index is 13.7. The van der Waals surface area contributed by atoms with E-state index in [1.165, 1.54) is 4.31 Å². The van der Waals surface area contributed by atoms with Crippen molar-refractivity contribution in [1.82, 2.24) is 14.9 Å². The van der Waals surface area contributed by atoms with Crippen molar-refractivity contribution >= 4 is 27.7 Å². The number of unbranched alkanes of at least 4 members (excludes halogenated alkanes) is 1. The van der Waals surface area contributed by atoms with Crippen molar-refractivity contribution in [2.24, 2.45) is 5.92 Å². The minimum Gasteiger partial charge on any atom is -0.465 e. The summed E-state index contributed by atoms with van der Waals surface area (Å²) in [5.74, 6) is -1.86. The van der Waals surface area contributed by atoms with Gasteiger partial charge in [0.25, 0.3) is 0 Å². The summed E-state index contributed by atoms with van der Waals surface area (Å²) in [6.45, 7) is 3.60. The predicted molar refractivity (Wildman–Crippen MR) is 167 cm³/mol. The van der Waals surface area contributed by atoms with Crippen LogP contribution in [-0.2, 0) is 14.8 Å². The summed E-state index contributed by atoms with van der Waals surface area (Å²) in [5, 5.41) is 24.9. The average molecular weight is 629 g/mol. The zero-order chi connectivity index (χ0) is 32.3. The first-order valence-corrected chi connectivity index (χ1v) is 15.9. The van der Waals surface area contributed by atoms with Gasteiger partial charge in [-0.05, 0) is 48.1 Å². The topological polar surface area (TPSA) is 162 Å². The zero-order valence-electron chi connectivity index (χ0n) is 24.9. The summed E-state index contributed by atoms with van der Waals surface area (Å²) in [6, 6.07) is 19.7. The van der Waals surface area contributed by atoms with E-state index in [9.17, 15) is 32.6 Å². The Morgan fingerprint density at radius 1 is 0.955 bits per heavy atom. The fraction of sp³-hybridized carbons (Fsp3) is 0.375. The summed E-state index contributed by atoms with van der Waals surface area (Å²) >= 11 is 0. The van der Waals surface area contributed by atoms with E-state index < -0.39 is 52.4 Å². The Balaban J connectivity index is 1.69. The largest absolute Gasteiger partial charge is 0.465 e. The van der Waals surface area contributed by atoms with Crippen molar-refractivity contribution < 1.29 is 32.6 Å². The van der Waals surface area contributed by atoms with E-state index in [4.69, 9.17) is 5.73 Å². The van der Waals surface area contributed by atoms with Crippen LogP contribution in [0.15, 0.2) is 83.8 Å². The lowest BCUT2D eigenvalue weighted by Gasteiger charge is -2.31. The second kappa shape index (κ2) is 16.2. The molecule has 0 heterocycles. The second-order valence-electron chi connectivity index (χ2n) is 11.0. The van der Waals surface area contributed by atoms with Crippen LogP contribution in [0.2, 0.25) is 0 Å². The zero-order valence-corrected chi connectivity index (χ0v) is 25.7. The quantitative estimate of drug-likeness (QED) is 0.117. The third-order valence-corrected chi connectivity index (χ3v) is 9.13. The Bertz CT molecular complexity index is 1440. The number of carbonyl (C=O) groups excluding carboxylic acids is 1. The number of nitrogens with two attached hydrogens (primary N) is 1. The molecule has 0 spiro atoms. The van der Waals surface area contributed by atoms with E-state index in [2.05, 4.69) is 10.6 Å². The fourth-order valence-corrected chi connectivity index (χ4v) is 6.95. The number of carbonyl (C=O) groups is 2. The minimum absolute atomic E-state index is 0.0586. The third-order valence-electron chi connectivity index (χ3n) is 7.21. The van der Waals surface area contributed by atoms with Gasteiger partial charge in [-0.2, -0.15) is 4.31 Å². The van der Waals surface area contributed by atoms with Crippen molar-refractivity contribution in [3.8, 4) is 0 Å². The van der Waals surface area contributed by atoms with Crippen LogP contribution >= 0.6 is 0 Å². The highest BCUT2D eigenvalue weighted by Gasteiger charge is 2.33. The van der Waals surface area contributed by atoms with E-state index in [0.29, 0.717) is 19.3 Å². The van der Waals surface area contributed by atoms with Crippen molar-refractivity contribution in [1.29, 1.82) is 0 Å². The van der Waals surface area contributed by atoms with Gasteiger partial charge in [-0.15, -0.1) is 0 Å². The number of benzene rings is 3. The summed E-state index contributed by atoms with van der Waals surface area (Å²) in [6.07, 6.45) is -0.133. The smallest absolute Gasteiger partial charge is 0.405 e. The Hall–Kier alpha value is -4.00. The van der Waals surface area contributed by atoms with Gasteiger partial charge in [-0.25, -0.2) is 17.6 Å². The van der Waals surface area contributed by atoms with Gasteiger partial charge in [-0.1, -0.05) is 80.9 Å². The van der Waals surface area contributed by atoms with Crippen molar-refractivity contribution in [3.05, 3.63) is 95.8 Å². The molecule has 2 atom stereocenters. The average Bonchev–Trinajstić information content (AvgIpc) is 2.99. The van der Waals surface area contributed by atoms with Crippen molar-refractivity contribution in [2.45, 2.75) is 56.0 Å². The van der Waals surface area contributed by atoms with Crippen molar-refractivity contribution in [3.63, 3.8) is 0 Å². The number of halogens is 1. The van der Waals surface area contributed by atoms with Gasteiger partial charge in [0, 0.05) is 25.0 Å². The number of amides is 2. The van der Waals surface area contributed by atoms with Gasteiger partial charge in [-0.3, -0.25) is 4.79 Å². The lowest BCUT2D eigenvalue weighted by Crippen LogP contribution is -2.50. The number of anilines is 1. The van der Waals surface area contributed by atoms with Crippen LogP contribution in [-0.4, -0.2) is 66.7 Å². The number of nitrogens with zero attached hydrogens (tertiary/aromatic N) is 1. The first-order valence-electron chi connectivity index (χ1n) is 14.5. The summed E-state index contributed by atoms with van der Waals surface area (Å²) in [7, 11) is -4.09. The highest BCUT2D eigenvalue weighted by atomic mass is 32.2. The number of hydrogen-bond donors (Lipinski definition) is 5. The molecular formula is C32H41FN4O6S. The van der Waals surface area contributed by atoms with E-state index in [-0.39, 0.29) is 29.6 Å².